The minimum absolute atomic E-state index is 0. The molecule has 1 N–H and O–H groups in total. The molecule has 0 aliphatic heterocycles. The highest BCUT2D eigenvalue weighted by Gasteiger charge is 2.12. The van der Waals surface area contributed by atoms with Crippen molar-refractivity contribution in [3.05, 3.63) is 35.7 Å². The second-order valence-electron chi connectivity index (χ2n) is 3.49. The summed E-state index contributed by atoms with van der Waals surface area (Å²) in [7, 11) is 0. The summed E-state index contributed by atoms with van der Waals surface area (Å²) in [5.74, 6) is 0. The zero-order valence-corrected chi connectivity index (χ0v) is 10.3. The summed E-state index contributed by atoms with van der Waals surface area (Å²) >= 11 is 1.65. The third-order valence-electron chi connectivity index (χ3n) is 2.60. The second-order valence-corrected chi connectivity index (χ2v) is 4.50. The van der Waals surface area contributed by atoms with Gasteiger partial charge in [0, 0.05) is 0 Å². The fraction of sp³-hybridized carbons (Fsp3) is 0.182. The van der Waals surface area contributed by atoms with E-state index in [2.05, 4.69) is 17.1 Å². The summed E-state index contributed by atoms with van der Waals surface area (Å²) in [5.41, 5.74) is 2.93. The Kier molecular flexibility index (Phi) is 2.88. The number of rotatable bonds is 1. The number of fused-ring (bicyclic) bond motifs is 3. The molecular formula is C11H11ClN2OS. The Morgan fingerprint density at radius 2 is 2.12 bits per heavy atom. The maximum Gasteiger partial charge on any atom is 0.195 e. The zero-order valence-electron chi connectivity index (χ0n) is 8.67. The van der Waals surface area contributed by atoms with Gasteiger partial charge in [0.15, 0.2) is 4.96 Å². The Balaban J connectivity index is 0.000000963. The first-order valence-electron chi connectivity index (χ1n) is 4.77. The molecule has 0 fully saturated rings. The van der Waals surface area contributed by atoms with E-state index in [0.717, 1.165) is 21.9 Å². The average molecular weight is 255 g/mol. The van der Waals surface area contributed by atoms with Crippen LogP contribution in [0.5, 0.6) is 0 Å². The largest absolute Gasteiger partial charge is 0.390 e. The van der Waals surface area contributed by atoms with Gasteiger partial charge < -0.3 is 5.11 Å². The van der Waals surface area contributed by atoms with Crippen molar-refractivity contribution in [3.8, 4) is 0 Å². The van der Waals surface area contributed by atoms with Gasteiger partial charge in [0.25, 0.3) is 0 Å². The van der Waals surface area contributed by atoms with Crippen molar-refractivity contribution in [2.45, 2.75) is 13.5 Å². The molecule has 84 valence electrons. The smallest absolute Gasteiger partial charge is 0.195 e. The van der Waals surface area contributed by atoms with Crippen LogP contribution in [0.1, 0.15) is 11.4 Å². The molecule has 0 radical (unpaired) electrons. The first kappa shape index (κ1) is 11.4. The van der Waals surface area contributed by atoms with Crippen molar-refractivity contribution < 1.29 is 5.11 Å². The van der Waals surface area contributed by atoms with Gasteiger partial charge in [0.05, 0.1) is 28.2 Å². The predicted molar refractivity (Wildman–Crippen MR) is 68.5 cm³/mol. The molecule has 0 saturated carbocycles. The van der Waals surface area contributed by atoms with Gasteiger partial charge in [0.1, 0.15) is 0 Å². The van der Waals surface area contributed by atoms with Crippen molar-refractivity contribution in [1.82, 2.24) is 9.38 Å². The van der Waals surface area contributed by atoms with E-state index in [1.165, 1.54) is 4.70 Å². The lowest BCUT2D eigenvalue weighted by Crippen LogP contribution is -1.92. The zero-order chi connectivity index (χ0) is 10.4. The lowest BCUT2D eigenvalue weighted by Gasteiger charge is -1.96. The average Bonchev–Trinajstić information content (AvgIpc) is 2.72. The van der Waals surface area contributed by atoms with Crippen LogP contribution >= 0.6 is 23.7 Å². The molecule has 0 aliphatic carbocycles. The van der Waals surface area contributed by atoms with Crippen molar-refractivity contribution in [3.63, 3.8) is 0 Å². The highest BCUT2D eigenvalue weighted by molar-refractivity contribution is 7.23. The second kappa shape index (κ2) is 4.05. The van der Waals surface area contributed by atoms with E-state index in [1.807, 2.05) is 23.5 Å². The lowest BCUT2D eigenvalue weighted by molar-refractivity contribution is 0.275. The van der Waals surface area contributed by atoms with Gasteiger partial charge in [-0.3, -0.25) is 4.40 Å². The Hall–Kier alpha value is -1.10. The maximum absolute atomic E-state index is 9.33. The van der Waals surface area contributed by atoms with Crippen LogP contribution in [0, 0.1) is 6.92 Å². The SMILES string of the molecule is Cc1nc2sc3ccccc3n2c1CO.Cl. The van der Waals surface area contributed by atoms with E-state index in [-0.39, 0.29) is 19.0 Å². The Labute approximate surface area is 103 Å². The van der Waals surface area contributed by atoms with Gasteiger partial charge in [-0.15, -0.1) is 12.4 Å². The van der Waals surface area contributed by atoms with Crippen LogP contribution in [0.2, 0.25) is 0 Å². The molecule has 5 heteroatoms. The first-order chi connectivity index (χ1) is 7.31. The van der Waals surface area contributed by atoms with E-state index < -0.39 is 0 Å². The molecule has 3 aromatic rings. The fourth-order valence-electron chi connectivity index (χ4n) is 1.86. The number of aryl methyl sites for hydroxylation is 1. The number of benzene rings is 1. The molecule has 0 unspecified atom stereocenters. The van der Waals surface area contributed by atoms with Crippen molar-refractivity contribution in [2.75, 3.05) is 0 Å². The molecule has 2 heterocycles. The molecule has 0 atom stereocenters. The summed E-state index contributed by atoms with van der Waals surface area (Å²) in [4.78, 5) is 5.40. The molecule has 0 spiro atoms. The monoisotopic (exact) mass is 254 g/mol. The van der Waals surface area contributed by atoms with Gasteiger partial charge in [-0.1, -0.05) is 23.5 Å². The standard InChI is InChI=1S/C11H10N2OS.ClH/c1-7-9(6-14)13-8-4-2-3-5-10(8)15-11(13)12-7;/h2-5,14H,6H2,1H3;1H. The highest BCUT2D eigenvalue weighted by atomic mass is 35.5. The molecule has 0 aliphatic rings. The van der Waals surface area contributed by atoms with E-state index in [4.69, 9.17) is 0 Å². The summed E-state index contributed by atoms with van der Waals surface area (Å²) in [6.45, 7) is 1.97. The molecule has 16 heavy (non-hydrogen) atoms. The number of aliphatic hydroxyl groups is 1. The van der Waals surface area contributed by atoms with E-state index in [1.54, 1.807) is 11.3 Å². The Morgan fingerprint density at radius 3 is 2.88 bits per heavy atom. The molecule has 0 bridgehead atoms. The van der Waals surface area contributed by atoms with E-state index in [9.17, 15) is 5.11 Å². The van der Waals surface area contributed by atoms with Crippen molar-refractivity contribution in [2.24, 2.45) is 0 Å². The van der Waals surface area contributed by atoms with Crippen LogP contribution in [-0.4, -0.2) is 14.5 Å². The van der Waals surface area contributed by atoms with Gasteiger partial charge >= 0.3 is 0 Å². The topological polar surface area (TPSA) is 37.5 Å². The number of hydrogen-bond acceptors (Lipinski definition) is 3. The number of aliphatic hydroxyl groups excluding tert-OH is 1. The minimum atomic E-state index is 0. The number of para-hydroxylation sites is 1. The third-order valence-corrected chi connectivity index (χ3v) is 3.62. The lowest BCUT2D eigenvalue weighted by atomic mass is 10.3. The first-order valence-corrected chi connectivity index (χ1v) is 5.59. The van der Waals surface area contributed by atoms with Gasteiger partial charge in [0.2, 0.25) is 0 Å². The predicted octanol–water partition coefficient (Wildman–Crippen LogP) is 2.77. The van der Waals surface area contributed by atoms with Crippen LogP contribution in [0.25, 0.3) is 15.2 Å². The van der Waals surface area contributed by atoms with Crippen molar-refractivity contribution in [1.29, 1.82) is 0 Å². The highest BCUT2D eigenvalue weighted by Crippen LogP contribution is 2.28. The van der Waals surface area contributed by atoms with Crippen LogP contribution in [0.15, 0.2) is 24.3 Å². The molecular weight excluding hydrogens is 244 g/mol. The number of halogens is 1. The summed E-state index contributed by atoms with van der Waals surface area (Å²) in [6, 6.07) is 8.15. The molecule has 0 amide bonds. The van der Waals surface area contributed by atoms with Crippen LogP contribution in [-0.2, 0) is 6.61 Å². The van der Waals surface area contributed by atoms with Crippen LogP contribution in [0.3, 0.4) is 0 Å². The number of aromatic nitrogens is 2. The number of hydrogen-bond donors (Lipinski definition) is 1. The van der Waals surface area contributed by atoms with E-state index in [0.29, 0.717) is 0 Å². The van der Waals surface area contributed by atoms with Gasteiger partial charge in [-0.05, 0) is 19.1 Å². The number of imidazole rings is 1. The third kappa shape index (κ3) is 1.42. The summed E-state index contributed by atoms with van der Waals surface area (Å²) < 4.78 is 3.24. The fourth-order valence-corrected chi connectivity index (χ4v) is 2.95. The van der Waals surface area contributed by atoms with E-state index >= 15 is 0 Å². The molecule has 3 rings (SSSR count). The van der Waals surface area contributed by atoms with Gasteiger partial charge in [-0.2, -0.15) is 0 Å². The normalized spacial score (nSPS) is 10.9. The molecule has 3 nitrogen and oxygen atoms in total. The number of nitrogens with zero attached hydrogens (tertiary/aromatic N) is 2. The summed E-state index contributed by atoms with van der Waals surface area (Å²) in [5, 5.41) is 9.33. The Morgan fingerprint density at radius 1 is 1.38 bits per heavy atom. The molecule has 0 saturated heterocycles. The quantitative estimate of drug-likeness (QED) is 0.725. The Bertz CT molecular complexity index is 644. The molecule has 1 aromatic carbocycles. The maximum atomic E-state index is 9.33. The van der Waals surface area contributed by atoms with Crippen LogP contribution < -0.4 is 0 Å². The summed E-state index contributed by atoms with van der Waals surface area (Å²) in [6.07, 6.45) is 0. The van der Waals surface area contributed by atoms with Crippen LogP contribution in [0.4, 0.5) is 0 Å². The number of thiazole rings is 1. The van der Waals surface area contributed by atoms with Gasteiger partial charge in [-0.25, -0.2) is 4.98 Å². The van der Waals surface area contributed by atoms with Crippen molar-refractivity contribution >= 4 is 38.9 Å². The minimum Gasteiger partial charge on any atom is -0.390 e. The molecule has 2 aromatic heterocycles.